The Hall–Kier alpha value is -5.72. The number of amides is 2. The number of ether oxygens (including phenoxy) is 7. The smallest absolute Gasteiger partial charge is 0.408 e. The molecule has 5 heterocycles. The highest BCUT2D eigenvalue weighted by Crippen LogP contribution is 2.42. The number of para-hydroxylation sites is 1. The first kappa shape index (κ1) is 51.7. The van der Waals surface area contributed by atoms with Gasteiger partial charge in [-0.25, -0.2) is 9.59 Å². The molecule has 2 N–H and O–H groups in total. The topological polar surface area (TPSA) is 220 Å². The summed E-state index contributed by atoms with van der Waals surface area (Å²) < 4.78 is 44.5. The molecule has 3 aliphatic heterocycles. The fraction of sp³-hybridized carbons (Fsp3) is 0.600. The summed E-state index contributed by atoms with van der Waals surface area (Å²) in [4.78, 5) is 94.3. The number of fused-ring (bicyclic) bond motifs is 2. The lowest BCUT2D eigenvalue weighted by atomic mass is 9.73. The lowest BCUT2D eigenvalue weighted by Gasteiger charge is -2.48. The number of aromatic nitrogens is 2. The number of esters is 3. The third kappa shape index (κ3) is 11.7. The van der Waals surface area contributed by atoms with E-state index in [1.54, 1.807) is 73.0 Å². The Labute approximate surface area is 397 Å². The number of ketones is 1. The molecule has 14 atom stereocenters. The van der Waals surface area contributed by atoms with E-state index in [0.717, 1.165) is 10.9 Å². The SMILES string of the molecule is CC[C@H]1OC(=O)[C@H](C)[C@@H](OC(=O)Cc2cccnc2)[C@H](C)[C@@H](O[C@@H]2O[C@H](C)C[C@H](N(C)C)[C@H]2OC(C)=O)[C@](C)(OC(=O)NCc2cnc3ccccc3c2)C[C@@H](C)C(=O)[C@H](C)[C@H]2NC(=O)O[C@@]21C. The van der Waals surface area contributed by atoms with Crippen LogP contribution in [0.4, 0.5) is 9.59 Å². The molecule has 3 fully saturated rings. The molecule has 6 rings (SSSR count). The van der Waals surface area contributed by atoms with Crippen LogP contribution >= 0.6 is 0 Å². The molecule has 1 aromatic carbocycles. The third-order valence-electron chi connectivity index (χ3n) is 13.7. The minimum atomic E-state index is -1.81. The normalized spacial score (nSPS) is 33.6. The van der Waals surface area contributed by atoms with Crippen LogP contribution in [0, 0.1) is 23.7 Å². The molecule has 0 unspecified atom stereocenters. The zero-order valence-electron chi connectivity index (χ0n) is 40.9. The van der Waals surface area contributed by atoms with Gasteiger partial charge in [0, 0.05) is 55.2 Å². The van der Waals surface area contributed by atoms with Gasteiger partial charge in [-0.3, -0.25) is 29.1 Å². The maximum absolute atomic E-state index is 14.8. The molecule has 2 amide bonds. The van der Waals surface area contributed by atoms with E-state index in [0.29, 0.717) is 17.5 Å². The Bertz CT molecular complexity index is 2300. The van der Waals surface area contributed by atoms with E-state index in [1.807, 2.05) is 56.3 Å². The van der Waals surface area contributed by atoms with Crippen molar-refractivity contribution in [2.75, 3.05) is 14.1 Å². The van der Waals surface area contributed by atoms with Crippen molar-refractivity contribution in [3.8, 4) is 0 Å². The molecule has 0 bridgehead atoms. The molecule has 0 radical (unpaired) electrons. The maximum Gasteiger partial charge on any atom is 0.408 e. The molecular weight excluding hydrogens is 879 g/mol. The highest BCUT2D eigenvalue weighted by Gasteiger charge is 2.58. The van der Waals surface area contributed by atoms with Crippen LogP contribution in [-0.2, 0) is 65.3 Å². The number of nitrogens with one attached hydrogen (secondary N) is 2. The lowest BCUT2D eigenvalue weighted by molar-refractivity contribution is -0.301. The number of cyclic esters (lactones) is 1. The van der Waals surface area contributed by atoms with Gasteiger partial charge in [-0.2, -0.15) is 0 Å². The number of rotatable bonds is 11. The van der Waals surface area contributed by atoms with E-state index in [2.05, 4.69) is 20.6 Å². The molecule has 0 spiro atoms. The second-order valence-electron chi connectivity index (χ2n) is 19.3. The van der Waals surface area contributed by atoms with Crippen molar-refractivity contribution in [2.24, 2.45) is 23.7 Å². The number of alkyl carbamates (subject to hydrolysis) is 2. The molecule has 3 saturated heterocycles. The van der Waals surface area contributed by atoms with E-state index in [1.165, 1.54) is 13.1 Å². The van der Waals surface area contributed by atoms with Gasteiger partial charge >= 0.3 is 30.1 Å². The zero-order chi connectivity index (χ0) is 49.7. The molecule has 2 aromatic heterocycles. The van der Waals surface area contributed by atoms with Crippen molar-refractivity contribution in [3.05, 3.63) is 72.2 Å². The van der Waals surface area contributed by atoms with Crippen molar-refractivity contribution in [3.63, 3.8) is 0 Å². The third-order valence-corrected chi connectivity index (χ3v) is 13.7. The van der Waals surface area contributed by atoms with Crippen molar-refractivity contribution in [2.45, 2.75) is 155 Å². The van der Waals surface area contributed by atoms with Gasteiger partial charge in [0.2, 0.25) is 0 Å². The van der Waals surface area contributed by atoms with Gasteiger partial charge in [-0.1, -0.05) is 52.0 Å². The molecular formula is C50H67N5O13. The molecule has 370 valence electrons. The minimum absolute atomic E-state index is 0.0116. The zero-order valence-corrected chi connectivity index (χ0v) is 40.9. The average molecular weight is 946 g/mol. The number of nitrogens with zero attached hydrogens (tertiary/aromatic N) is 3. The Kier molecular flexibility index (Phi) is 16.5. The van der Waals surface area contributed by atoms with Crippen LogP contribution in [0.15, 0.2) is 61.1 Å². The standard InChI is InChI=1S/C50H67N5O13/c1-12-38-50(9)43(54-48(61)68-50)29(4)40(58)27(2)23-49(8,67-47(60)53-26-34-21-35-17-13-14-18-36(35)52-25-34)44(66-46-42(63-32(7)56)37(55(10)11)20-28(3)62-46)30(5)41(31(6)45(59)64-38)65-39(57)22-33-16-15-19-51-24-33/h13-19,21,24-25,27-31,37-38,41-44,46H,12,20,22-23,26H2,1-11H3,(H,53,60)(H,54,61)/t27-,28-,29+,30+,31-,37+,38-,41+,42-,43-,44-,46+,49-,50-/m1/s1. The van der Waals surface area contributed by atoms with E-state index in [-0.39, 0.29) is 31.6 Å². The average Bonchev–Trinajstić information content (AvgIpc) is 3.61. The number of hydrogen-bond acceptors (Lipinski definition) is 16. The molecule has 3 aromatic rings. The number of pyridine rings is 2. The Morgan fingerprint density at radius 1 is 0.941 bits per heavy atom. The quantitative estimate of drug-likeness (QED) is 0.170. The van der Waals surface area contributed by atoms with Gasteiger partial charge in [-0.15, -0.1) is 0 Å². The fourth-order valence-electron chi connectivity index (χ4n) is 10.2. The van der Waals surface area contributed by atoms with Crippen molar-refractivity contribution < 1.29 is 61.9 Å². The number of hydrogen-bond donors (Lipinski definition) is 2. The molecule has 18 nitrogen and oxygen atoms in total. The van der Waals surface area contributed by atoms with Crippen LogP contribution in [0.1, 0.15) is 92.7 Å². The van der Waals surface area contributed by atoms with Gasteiger partial charge in [0.05, 0.1) is 36.0 Å². The summed E-state index contributed by atoms with van der Waals surface area (Å²) in [7, 11) is 3.68. The number of carbonyl (C=O) groups excluding carboxylic acids is 6. The first-order valence-electron chi connectivity index (χ1n) is 23.4. The monoisotopic (exact) mass is 945 g/mol. The van der Waals surface area contributed by atoms with Crippen LogP contribution in [0.5, 0.6) is 0 Å². The van der Waals surface area contributed by atoms with Crippen LogP contribution in [0.2, 0.25) is 0 Å². The lowest BCUT2D eigenvalue weighted by Crippen LogP contribution is -2.62. The summed E-state index contributed by atoms with van der Waals surface area (Å²) in [6, 6.07) is 11.5. The van der Waals surface area contributed by atoms with E-state index >= 15 is 0 Å². The minimum Gasteiger partial charge on any atom is -0.461 e. The molecule has 0 saturated carbocycles. The summed E-state index contributed by atoms with van der Waals surface area (Å²) >= 11 is 0. The Balaban J connectivity index is 1.49. The molecule has 0 aliphatic carbocycles. The van der Waals surface area contributed by atoms with Crippen LogP contribution < -0.4 is 10.6 Å². The Morgan fingerprint density at radius 2 is 1.68 bits per heavy atom. The van der Waals surface area contributed by atoms with Gasteiger partial charge in [0.15, 0.2) is 18.0 Å². The number of Topliss-reactive ketones (excluding diaryl/α,β-unsaturated/α-hetero) is 1. The van der Waals surface area contributed by atoms with Crippen molar-refractivity contribution >= 4 is 46.8 Å². The summed E-state index contributed by atoms with van der Waals surface area (Å²) in [5, 5.41) is 6.50. The highest BCUT2D eigenvalue weighted by molar-refractivity contribution is 5.85. The predicted molar refractivity (Wildman–Crippen MR) is 246 cm³/mol. The van der Waals surface area contributed by atoms with Crippen LogP contribution in [0.3, 0.4) is 0 Å². The fourth-order valence-corrected chi connectivity index (χ4v) is 10.2. The first-order chi connectivity index (χ1) is 32.1. The number of benzene rings is 1. The second kappa shape index (κ2) is 21.7. The van der Waals surface area contributed by atoms with Crippen LogP contribution in [0.25, 0.3) is 10.9 Å². The van der Waals surface area contributed by atoms with E-state index in [9.17, 15) is 28.8 Å². The molecule has 18 heteroatoms. The van der Waals surface area contributed by atoms with Gasteiger partial charge in [0.25, 0.3) is 0 Å². The predicted octanol–water partition coefficient (Wildman–Crippen LogP) is 5.86. The van der Waals surface area contributed by atoms with Gasteiger partial charge in [-0.05, 0) is 90.4 Å². The van der Waals surface area contributed by atoms with Gasteiger partial charge in [0.1, 0.15) is 29.7 Å². The summed E-state index contributed by atoms with van der Waals surface area (Å²) in [6.45, 7) is 14.7. The van der Waals surface area contributed by atoms with E-state index < -0.39 is 114 Å². The first-order valence-corrected chi connectivity index (χ1v) is 23.4. The maximum atomic E-state index is 14.8. The molecule has 3 aliphatic rings. The highest BCUT2D eigenvalue weighted by atomic mass is 16.7. The van der Waals surface area contributed by atoms with Gasteiger partial charge < -0.3 is 48.7 Å². The molecule has 68 heavy (non-hydrogen) atoms. The summed E-state index contributed by atoms with van der Waals surface area (Å²) in [5.41, 5.74) is -1.30. The summed E-state index contributed by atoms with van der Waals surface area (Å²) in [5.74, 6) is -6.51. The van der Waals surface area contributed by atoms with E-state index in [4.69, 9.17) is 33.2 Å². The second-order valence-corrected chi connectivity index (χ2v) is 19.3. The number of carbonyl (C=O) groups is 6. The summed E-state index contributed by atoms with van der Waals surface area (Å²) in [6.07, 6.45) is -3.17. The van der Waals surface area contributed by atoms with Crippen molar-refractivity contribution in [1.82, 2.24) is 25.5 Å². The largest absolute Gasteiger partial charge is 0.461 e. The van der Waals surface area contributed by atoms with Crippen LogP contribution in [-0.4, -0.2) is 125 Å². The Morgan fingerprint density at radius 3 is 2.35 bits per heavy atom. The van der Waals surface area contributed by atoms with Crippen molar-refractivity contribution in [1.29, 1.82) is 0 Å². The number of likely N-dealkylation sites (N-methyl/N-ethyl adjacent to an activating group) is 1.